The van der Waals surface area contributed by atoms with E-state index in [2.05, 4.69) is 10.6 Å². The van der Waals surface area contributed by atoms with Crippen molar-refractivity contribution in [3.05, 3.63) is 34.4 Å². The first-order valence-electron chi connectivity index (χ1n) is 6.42. The Bertz CT molecular complexity index is 583. The van der Waals surface area contributed by atoms with E-state index in [1.165, 1.54) is 18.2 Å². The maximum atomic E-state index is 11.7. The summed E-state index contributed by atoms with van der Waals surface area (Å²) in [7, 11) is 0. The lowest BCUT2D eigenvalue weighted by Gasteiger charge is -2.12. The van der Waals surface area contributed by atoms with E-state index < -0.39 is 22.2 Å². The van der Waals surface area contributed by atoms with Crippen molar-refractivity contribution in [1.82, 2.24) is 5.32 Å². The molecule has 1 saturated carbocycles. The number of nitro benzene ring substituents is 1. The third-order valence-electron chi connectivity index (χ3n) is 3.47. The van der Waals surface area contributed by atoms with Crippen LogP contribution in [0.1, 0.15) is 12.8 Å². The number of amides is 1. The van der Waals surface area contributed by atoms with E-state index in [1.807, 2.05) is 0 Å². The number of hydrogen-bond donors (Lipinski definition) is 3. The molecule has 21 heavy (non-hydrogen) atoms. The van der Waals surface area contributed by atoms with Crippen LogP contribution in [0.25, 0.3) is 0 Å². The molecule has 0 atom stereocenters. The number of carbonyl (C=O) groups excluding carboxylic acids is 1. The van der Waals surface area contributed by atoms with Crippen LogP contribution in [0.4, 0.5) is 11.4 Å². The fraction of sp³-hybridized carbons (Fsp3) is 0.385. The number of nitrogens with zero attached hydrogens (tertiary/aromatic N) is 1. The average molecular weight is 293 g/mol. The molecule has 1 fully saturated rings. The standard InChI is InChI=1S/C13H15N3O5/c17-11(15-8-13(5-6-13)12(18)19)7-14-9-3-1-2-4-10(9)16(20)21/h1-4,14H,5-8H2,(H,15,17)(H,18,19). The molecule has 0 aliphatic heterocycles. The highest BCUT2D eigenvalue weighted by atomic mass is 16.6. The highest BCUT2D eigenvalue weighted by Crippen LogP contribution is 2.45. The molecule has 3 N–H and O–H groups in total. The minimum atomic E-state index is -0.908. The summed E-state index contributed by atoms with van der Waals surface area (Å²) in [6, 6.07) is 6.00. The maximum absolute atomic E-state index is 11.7. The second-order valence-electron chi connectivity index (χ2n) is 4.99. The van der Waals surface area contributed by atoms with Gasteiger partial charge in [0.15, 0.2) is 0 Å². The number of carbonyl (C=O) groups is 2. The largest absolute Gasteiger partial charge is 0.481 e. The topological polar surface area (TPSA) is 122 Å². The number of hydrogen-bond acceptors (Lipinski definition) is 5. The van der Waals surface area contributed by atoms with Crippen LogP contribution >= 0.6 is 0 Å². The van der Waals surface area contributed by atoms with Crippen LogP contribution in [-0.2, 0) is 9.59 Å². The zero-order valence-electron chi connectivity index (χ0n) is 11.2. The van der Waals surface area contributed by atoms with E-state index in [4.69, 9.17) is 5.11 Å². The zero-order chi connectivity index (χ0) is 15.5. The summed E-state index contributed by atoms with van der Waals surface area (Å²) in [6.45, 7) is -0.0692. The third-order valence-corrected chi connectivity index (χ3v) is 3.47. The summed E-state index contributed by atoms with van der Waals surface area (Å²) >= 11 is 0. The Balaban J connectivity index is 1.85. The van der Waals surface area contributed by atoms with Crippen LogP contribution in [0.5, 0.6) is 0 Å². The van der Waals surface area contributed by atoms with Crippen LogP contribution in [0.3, 0.4) is 0 Å². The van der Waals surface area contributed by atoms with E-state index in [9.17, 15) is 19.7 Å². The number of carboxylic acids is 1. The summed E-state index contributed by atoms with van der Waals surface area (Å²) in [6.07, 6.45) is 1.11. The highest BCUT2D eigenvalue weighted by Gasteiger charge is 2.50. The lowest BCUT2D eigenvalue weighted by Crippen LogP contribution is -2.37. The monoisotopic (exact) mass is 293 g/mol. The SMILES string of the molecule is O=C(CNc1ccccc1[N+](=O)[O-])NCC1(C(=O)O)CC1. The molecule has 1 aromatic carbocycles. The van der Waals surface area contributed by atoms with Gasteiger partial charge < -0.3 is 15.7 Å². The van der Waals surface area contributed by atoms with Crippen molar-refractivity contribution in [1.29, 1.82) is 0 Å². The minimum Gasteiger partial charge on any atom is -0.481 e. The number of anilines is 1. The van der Waals surface area contributed by atoms with Gasteiger partial charge in [0.2, 0.25) is 5.91 Å². The lowest BCUT2D eigenvalue weighted by atomic mass is 10.1. The molecule has 1 aliphatic carbocycles. The number of para-hydroxylation sites is 2. The molecule has 0 radical (unpaired) electrons. The number of aliphatic carboxylic acids is 1. The Labute approximate surface area is 120 Å². The molecule has 0 unspecified atom stereocenters. The van der Waals surface area contributed by atoms with Gasteiger partial charge in [-0.3, -0.25) is 19.7 Å². The molecule has 2 rings (SSSR count). The van der Waals surface area contributed by atoms with Gasteiger partial charge in [-0.15, -0.1) is 0 Å². The minimum absolute atomic E-state index is 0.0831. The Morgan fingerprint density at radius 3 is 2.57 bits per heavy atom. The van der Waals surface area contributed by atoms with Gasteiger partial charge in [0.05, 0.1) is 16.9 Å². The fourth-order valence-electron chi connectivity index (χ4n) is 1.91. The maximum Gasteiger partial charge on any atom is 0.311 e. The normalized spacial score (nSPS) is 15.0. The van der Waals surface area contributed by atoms with Gasteiger partial charge in [0.1, 0.15) is 5.69 Å². The van der Waals surface area contributed by atoms with Crippen molar-refractivity contribution in [3.8, 4) is 0 Å². The van der Waals surface area contributed by atoms with Gasteiger partial charge >= 0.3 is 5.97 Å². The van der Waals surface area contributed by atoms with Crippen molar-refractivity contribution < 1.29 is 19.6 Å². The van der Waals surface area contributed by atoms with E-state index in [1.54, 1.807) is 6.07 Å². The van der Waals surface area contributed by atoms with Crippen LogP contribution in [0.15, 0.2) is 24.3 Å². The molecule has 112 valence electrons. The molecule has 0 saturated heterocycles. The summed E-state index contributed by atoms with van der Waals surface area (Å²) in [4.78, 5) is 32.9. The van der Waals surface area contributed by atoms with Crippen LogP contribution in [0, 0.1) is 15.5 Å². The summed E-state index contributed by atoms with van der Waals surface area (Å²) < 4.78 is 0. The molecular formula is C13H15N3O5. The molecular weight excluding hydrogens is 278 g/mol. The molecule has 0 bridgehead atoms. The van der Waals surface area contributed by atoms with E-state index >= 15 is 0 Å². The lowest BCUT2D eigenvalue weighted by molar-refractivity contribution is -0.383. The Kier molecular flexibility index (Phi) is 4.06. The molecule has 1 amide bonds. The number of nitrogens with one attached hydrogen (secondary N) is 2. The smallest absolute Gasteiger partial charge is 0.311 e. The molecule has 1 aromatic rings. The highest BCUT2D eigenvalue weighted by molar-refractivity contribution is 5.83. The molecule has 0 heterocycles. The van der Waals surface area contributed by atoms with Crippen molar-refractivity contribution >= 4 is 23.3 Å². The van der Waals surface area contributed by atoms with E-state index in [-0.39, 0.29) is 24.5 Å². The average Bonchev–Trinajstić information content (AvgIpc) is 3.24. The van der Waals surface area contributed by atoms with E-state index in [0.717, 1.165) is 0 Å². The summed E-state index contributed by atoms with van der Waals surface area (Å²) in [5.41, 5.74) is -0.694. The Morgan fingerprint density at radius 2 is 2.00 bits per heavy atom. The van der Waals surface area contributed by atoms with Crippen molar-refractivity contribution in [2.45, 2.75) is 12.8 Å². The number of nitro groups is 1. The predicted octanol–water partition coefficient (Wildman–Crippen LogP) is 0.988. The van der Waals surface area contributed by atoms with Crippen molar-refractivity contribution in [2.75, 3.05) is 18.4 Å². The van der Waals surface area contributed by atoms with Crippen LogP contribution in [-0.4, -0.2) is 35.0 Å². The first-order chi connectivity index (χ1) is 9.94. The molecule has 0 aromatic heterocycles. The van der Waals surface area contributed by atoms with Crippen LogP contribution < -0.4 is 10.6 Å². The molecule has 8 heteroatoms. The zero-order valence-corrected chi connectivity index (χ0v) is 11.2. The van der Waals surface area contributed by atoms with Crippen molar-refractivity contribution in [3.63, 3.8) is 0 Å². The molecule has 0 spiro atoms. The number of carboxylic acid groups (broad SMARTS) is 1. The molecule has 1 aliphatic rings. The van der Waals surface area contributed by atoms with Gasteiger partial charge in [-0.2, -0.15) is 0 Å². The van der Waals surface area contributed by atoms with Gasteiger partial charge in [0.25, 0.3) is 5.69 Å². The quantitative estimate of drug-likeness (QED) is 0.509. The first-order valence-corrected chi connectivity index (χ1v) is 6.42. The summed E-state index contributed by atoms with van der Waals surface area (Å²) in [5.74, 6) is -1.31. The fourth-order valence-corrected chi connectivity index (χ4v) is 1.91. The summed E-state index contributed by atoms with van der Waals surface area (Å²) in [5, 5.41) is 25.0. The first kappa shape index (κ1) is 14.8. The van der Waals surface area contributed by atoms with Crippen LogP contribution in [0.2, 0.25) is 0 Å². The number of benzene rings is 1. The van der Waals surface area contributed by atoms with Gasteiger partial charge in [-0.05, 0) is 18.9 Å². The van der Waals surface area contributed by atoms with Gasteiger partial charge in [0, 0.05) is 12.6 Å². The Morgan fingerprint density at radius 1 is 1.33 bits per heavy atom. The molecule has 8 nitrogen and oxygen atoms in total. The second kappa shape index (κ2) is 5.78. The Hall–Kier alpha value is -2.64. The number of rotatable bonds is 7. The predicted molar refractivity (Wildman–Crippen MR) is 73.9 cm³/mol. The van der Waals surface area contributed by atoms with E-state index in [0.29, 0.717) is 12.8 Å². The second-order valence-corrected chi connectivity index (χ2v) is 4.99. The third kappa shape index (κ3) is 3.47. The van der Waals surface area contributed by atoms with Crippen molar-refractivity contribution in [2.24, 2.45) is 5.41 Å². The van der Waals surface area contributed by atoms with Gasteiger partial charge in [-0.1, -0.05) is 12.1 Å². The van der Waals surface area contributed by atoms with Gasteiger partial charge in [-0.25, -0.2) is 0 Å².